The molecule has 25 heavy (non-hydrogen) atoms. The molecule has 0 atom stereocenters. The van der Waals surface area contributed by atoms with Crippen molar-refractivity contribution < 1.29 is 26.1 Å². The van der Waals surface area contributed by atoms with Crippen LogP contribution in [-0.4, -0.2) is 22.9 Å². The molecule has 10 heteroatoms. The quantitative estimate of drug-likeness (QED) is 0.685. The first-order valence-electron chi connectivity index (χ1n) is 6.81. The fourth-order valence-corrected chi connectivity index (χ4v) is 2.66. The molecule has 0 aliphatic rings. The van der Waals surface area contributed by atoms with Gasteiger partial charge in [-0.15, -0.1) is 0 Å². The molecule has 2 N–H and O–H groups in total. The molecule has 0 aliphatic carbocycles. The number of nitrogens with zero attached hydrogens (tertiary/aromatic N) is 2. The van der Waals surface area contributed by atoms with Gasteiger partial charge in [0.25, 0.3) is 10.1 Å². The van der Waals surface area contributed by atoms with Crippen LogP contribution in [0.2, 0.25) is 0 Å². The molecule has 2 aromatic carbocycles. The van der Waals surface area contributed by atoms with Gasteiger partial charge in [-0.3, -0.25) is 4.55 Å². The second-order valence-corrected chi connectivity index (χ2v) is 6.50. The topological polar surface area (TPSA) is 92.2 Å². The summed E-state index contributed by atoms with van der Waals surface area (Å²) >= 11 is 0. The third-order valence-electron chi connectivity index (χ3n) is 3.38. The standard InChI is InChI=1S/C15H10F3N3O3S/c16-15(17,18)9-1-6-12-13(7-9)19-8-20-14(12)21-10-2-4-11(5-3-10)25(22,23)24/h1-8H,(H,19,20,21)(H,22,23,24). The normalized spacial score (nSPS) is 12.3. The van der Waals surface area contributed by atoms with Crippen molar-refractivity contribution in [3.05, 3.63) is 54.4 Å². The van der Waals surface area contributed by atoms with E-state index in [2.05, 4.69) is 15.3 Å². The number of aromatic nitrogens is 2. The van der Waals surface area contributed by atoms with Crippen molar-refractivity contribution in [3.8, 4) is 0 Å². The number of hydrogen-bond donors (Lipinski definition) is 2. The molecule has 130 valence electrons. The molecule has 6 nitrogen and oxygen atoms in total. The maximum atomic E-state index is 12.8. The monoisotopic (exact) mass is 369 g/mol. The van der Waals surface area contributed by atoms with Gasteiger partial charge in [-0.2, -0.15) is 21.6 Å². The largest absolute Gasteiger partial charge is 0.416 e. The van der Waals surface area contributed by atoms with E-state index in [4.69, 9.17) is 4.55 Å². The van der Waals surface area contributed by atoms with Gasteiger partial charge in [0, 0.05) is 11.1 Å². The minimum atomic E-state index is -4.47. The number of fused-ring (bicyclic) bond motifs is 1. The number of benzene rings is 2. The van der Waals surface area contributed by atoms with Crippen LogP contribution in [0.4, 0.5) is 24.7 Å². The SMILES string of the molecule is O=S(=O)(O)c1ccc(Nc2ncnc3cc(C(F)(F)F)ccc23)cc1. The van der Waals surface area contributed by atoms with Crippen LogP contribution in [0.15, 0.2) is 53.7 Å². The molecule has 1 heterocycles. The summed E-state index contributed by atoms with van der Waals surface area (Å²) in [5, 5.41) is 3.24. The van der Waals surface area contributed by atoms with Gasteiger partial charge in [0.2, 0.25) is 0 Å². The lowest BCUT2D eigenvalue weighted by molar-refractivity contribution is -0.137. The molecular formula is C15H10F3N3O3S. The van der Waals surface area contributed by atoms with E-state index < -0.39 is 21.9 Å². The lowest BCUT2D eigenvalue weighted by atomic mass is 10.1. The van der Waals surface area contributed by atoms with Crippen LogP contribution in [0.3, 0.4) is 0 Å². The Kier molecular flexibility index (Phi) is 4.09. The molecule has 0 amide bonds. The summed E-state index contributed by atoms with van der Waals surface area (Å²) < 4.78 is 69.3. The van der Waals surface area contributed by atoms with E-state index in [9.17, 15) is 21.6 Å². The predicted octanol–water partition coefficient (Wildman–Crippen LogP) is 3.64. The Labute approximate surface area is 140 Å². The highest BCUT2D eigenvalue weighted by Gasteiger charge is 2.30. The summed E-state index contributed by atoms with van der Waals surface area (Å²) in [5.74, 6) is 0.262. The Balaban J connectivity index is 1.96. The van der Waals surface area contributed by atoms with E-state index in [1.165, 1.54) is 30.3 Å². The highest BCUT2D eigenvalue weighted by molar-refractivity contribution is 7.85. The highest BCUT2D eigenvalue weighted by Crippen LogP contribution is 2.32. The maximum Gasteiger partial charge on any atom is 0.416 e. The second-order valence-electron chi connectivity index (χ2n) is 5.08. The first-order valence-corrected chi connectivity index (χ1v) is 8.25. The van der Waals surface area contributed by atoms with Gasteiger partial charge >= 0.3 is 6.18 Å². The van der Waals surface area contributed by atoms with Gasteiger partial charge in [-0.05, 0) is 42.5 Å². The summed E-state index contributed by atoms with van der Waals surface area (Å²) in [6.07, 6.45) is -3.35. The second kappa shape index (κ2) is 5.97. The van der Waals surface area contributed by atoms with Crippen LogP contribution in [-0.2, 0) is 16.3 Å². The minimum Gasteiger partial charge on any atom is -0.340 e. The minimum absolute atomic E-state index is 0.113. The highest BCUT2D eigenvalue weighted by atomic mass is 32.2. The fourth-order valence-electron chi connectivity index (χ4n) is 2.18. The van der Waals surface area contributed by atoms with Crippen LogP contribution >= 0.6 is 0 Å². The Morgan fingerprint density at radius 3 is 2.28 bits per heavy atom. The zero-order chi connectivity index (χ0) is 18.2. The third-order valence-corrected chi connectivity index (χ3v) is 4.25. The van der Waals surface area contributed by atoms with Crippen molar-refractivity contribution in [2.45, 2.75) is 11.1 Å². The average Bonchev–Trinajstić information content (AvgIpc) is 2.53. The number of halogens is 3. The predicted molar refractivity (Wildman–Crippen MR) is 84.1 cm³/mol. The molecule has 0 unspecified atom stereocenters. The van der Waals surface area contributed by atoms with E-state index in [1.54, 1.807) is 0 Å². The van der Waals surface area contributed by atoms with Gasteiger partial charge in [0.15, 0.2) is 0 Å². The zero-order valence-electron chi connectivity index (χ0n) is 12.3. The van der Waals surface area contributed by atoms with Crippen LogP contribution < -0.4 is 5.32 Å². The summed E-state index contributed by atoms with van der Waals surface area (Å²) in [5.41, 5.74) is -0.267. The van der Waals surface area contributed by atoms with E-state index in [1.807, 2.05) is 0 Å². The maximum absolute atomic E-state index is 12.8. The average molecular weight is 369 g/mol. The van der Waals surface area contributed by atoms with Crippen molar-refractivity contribution in [1.29, 1.82) is 0 Å². The Hall–Kier alpha value is -2.72. The first-order chi connectivity index (χ1) is 11.6. The van der Waals surface area contributed by atoms with E-state index in [-0.39, 0.29) is 16.2 Å². The smallest absolute Gasteiger partial charge is 0.340 e. The molecule has 3 rings (SSSR count). The van der Waals surface area contributed by atoms with Crippen molar-refractivity contribution in [3.63, 3.8) is 0 Å². The molecule has 0 bridgehead atoms. The fraction of sp³-hybridized carbons (Fsp3) is 0.0667. The molecule has 0 saturated carbocycles. The van der Waals surface area contributed by atoms with Gasteiger partial charge in [0.1, 0.15) is 12.1 Å². The molecule has 0 fully saturated rings. The van der Waals surface area contributed by atoms with E-state index >= 15 is 0 Å². The van der Waals surface area contributed by atoms with Gasteiger partial charge in [0.05, 0.1) is 16.0 Å². The molecule has 1 aromatic heterocycles. The summed E-state index contributed by atoms with van der Waals surface area (Å²) in [7, 11) is -4.31. The number of rotatable bonds is 3. The van der Waals surface area contributed by atoms with Crippen LogP contribution in [0, 0.1) is 0 Å². The molecule has 0 radical (unpaired) electrons. The Morgan fingerprint density at radius 2 is 1.68 bits per heavy atom. The van der Waals surface area contributed by atoms with E-state index in [0.717, 1.165) is 18.5 Å². The van der Waals surface area contributed by atoms with Crippen molar-refractivity contribution in [2.75, 3.05) is 5.32 Å². The van der Waals surface area contributed by atoms with Crippen LogP contribution in [0.5, 0.6) is 0 Å². The van der Waals surface area contributed by atoms with Crippen LogP contribution in [0.25, 0.3) is 10.9 Å². The summed E-state index contributed by atoms with van der Waals surface area (Å²) in [4.78, 5) is 7.56. The Morgan fingerprint density at radius 1 is 1.00 bits per heavy atom. The van der Waals surface area contributed by atoms with Crippen molar-refractivity contribution in [1.82, 2.24) is 9.97 Å². The number of nitrogens with one attached hydrogen (secondary N) is 1. The molecule has 3 aromatic rings. The Bertz CT molecular complexity index is 1040. The summed E-state index contributed by atoms with van der Waals surface area (Å²) in [6, 6.07) is 8.25. The van der Waals surface area contributed by atoms with Crippen LogP contribution in [0.1, 0.15) is 5.56 Å². The van der Waals surface area contributed by atoms with Gasteiger partial charge in [-0.25, -0.2) is 9.97 Å². The zero-order valence-corrected chi connectivity index (χ0v) is 13.1. The molecular weight excluding hydrogens is 359 g/mol. The summed E-state index contributed by atoms with van der Waals surface area (Å²) in [6.45, 7) is 0. The lowest BCUT2D eigenvalue weighted by Crippen LogP contribution is -2.05. The number of anilines is 2. The third kappa shape index (κ3) is 3.69. The molecule has 0 saturated heterocycles. The molecule has 0 spiro atoms. The first kappa shape index (κ1) is 17.1. The molecule has 0 aliphatic heterocycles. The van der Waals surface area contributed by atoms with Crippen molar-refractivity contribution in [2.24, 2.45) is 0 Å². The lowest BCUT2D eigenvalue weighted by Gasteiger charge is -2.11. The van der Waals surface area contributed by atoms with E-state index in [0.29, 0.717) is 11.1 Å². The van der Waals surface area contributed by atoms with Gasteiger partial charge < -0.3 is 5.32 Å². The number of alkyl halides is 3. The van der Waals surface area contributed by atoms with Gasteiger partial charge in [-0.1, -0.05) is 0 Å². The number of hydrogen-bond acceptors (Lipinski definition) is 5. The van der Waals surface area contributed by atoms with Crippen molar-refractivity contribution >= 4 is 32.5 Å².